The summed E-state index contributed by atoms with van der Waals surface area (Å²) in [6.45, 7) is 5.86. The molecule has 1 aliphatic heterocycles. The molecule has 1 amide bonds. The fourth-order valence-corrected chi connectivity index (χ4v) is 4.56. The van der Waals surface area contributed by atoms with Gasteiger partial charge in [0.15, 0.2) is 5.82 Å². The van der Waals surface area contributed by atoms with Crippen molar-refractivity contribution >= 4 is 34.9 Å². The predicted molar refractivity (Wildman–Crippen MR) is 136 cm³/mol. The summed E-state index contributed by atoms with van der Waals surface area (Å²) in [5.74, 6) is 2.47. The summed E-state index contributed by atoms with van der Waals surface area (Å²) in [4.78, 5) is 26.3. The standard InChI is InChI=1S/C25H29N5O3S/c1-3-33-22-7-5-4-6-21(22)28-23(31)18-34-25-24(26-12-13-27-25)30-16-14-29(15-17-30)19-8-10-20(32-2)11-9-19/h4-13H,3,14-18H2,1-2H3,(H,28,31). The summed E-state index contributed by atoms with van der Waals surface area (Å²) in [5.41, 5.74) is 1.85. The van der Waals surface area contributed by atoms with Crippen molar-refractivity contribution in [3.63, 3.8) is 0 Å². The van der Waals surface area contributed by atoms with Crippen LogP contribution in [0.25, 0.3) is 0 Å². The average molecular weight is 480 g/mol. The number of hydrogen-bond acceptors (Lipinski definition) is 8. The number of nitrogens with one attached hydrogen (secondary N) is 1. The molecule has 1 aliphatic rings. The fraction of sp³-hybridized carbons (Fsp3) is 0.320. The number of hydrogen-bond donors (Lipinski definition) is 1. The zero-order valence-corrected chi connectivity index (χ0v) is 20.3. The van der Waals surface area contributed by atoms with E-state index in [1.807, 2.05) is 43.3 Å². The van der Waals surface area contributed by atoms with E-state index in [-0.39, 0.29) is 11.7 Å². The molecule has 0 unspecified atom stereocenters. The van der Waals surface area contributed by atoms with Gasteiger partial charge in [0.1, 0.15) is 16.5 Å². The van der Waals surface area contributed by atoms with Crippen molar-refractivity contribution in [2.24, 2.45) is 0 Å². The second-order valence-corrected chi connectivity index (χ2v) is 8.59. The number of methoxy groups -OCH3 is 1. The second kappa shape index (κ2) is 11.6. The Bertz CT molecular complexity index is 1090. The van der Waals surface area contributed by atoms with Crippen LogP contribution in [0.5, 0.6) is 11.5 Å². The summed E-state index contributed by atoms with van der Waals surface area (Å²) in [6.07, 6.45) is 3.37. The maximum atomic E-state index is 12.6. The van der Waals surface area contributed by atoms with Gasteiger partial charge in [0.05, 0.1) is 25.2 Å². The van der Waals surface area contributed by atoms with E-state index in [9.17, 15) is 4.79 Å². The molecule has 178 valence electrons. The Morgan fingerprint density at radius 3 is 2.44 bits per heavy atom. The van der Waals surface area contributed by atoms with E-state index in [0.717, 1.165) is 42.8 Å². The van der Waals surface area contributed by atoms with Crippen molar-refractivity contribution in [2.45, 2.75) is 11.9 Å². The normalized spacial score (nSPS) is 13.5. The van der Waals surface area contributed by atoms with Crippen LogP contribution < -0.4 is 24.6 Å². The lowest BCUT2D eigenvalue weighted by molar-refractivity contribution is -0.113. The molecule has 0 radical (unpaired) electrons. The second-order valence-electron chi connectivity index (χ2n) is 7.62. The summed E-state index contributed by atoms with van der Waals surface area (Å²) in [6, 6.07) is 15.6. The third-order valence-corrected chi connectivity index (χ3v) is 6.43. The van der Waals surface area contributed by atoms with Gasteiger partial charge in [-0.3, -0.25) is 4.79 Å². The first kappa shape index (κ1) is 23.7. The minimum absolute atomic E-state index is 0.113. The smallest absolute Gasteiger partial charge is 0.234 e. The van der Waals surface area contributed by atoms with Gasteiger partial charge in [-0.05, 0) is 43.3 Å². The predicted octanol–water partition coefficient (Wildman–Crippen LogP) is 3.94. The molecule has 34 heavy (non-hydrogen) atoms. The molecule has 0 spiro atoms. The molecule has 8 nitrogen and oxygen atoms in total. The third kappa shape index (κ3) is 5.91. The highest BCUT2D eigenvalue weighted by Gasteiger charge is 2.22. The van der Waals surface area contributed by atoms with Gasteiger partial charge in [-0.15, -0.1) is 0 Å². The number of carbonyl (C=O) groups is 1. The van der Waals surface area contributed by atoms with Crippen LogP contribution in [0.3, 0.4) is 0 Å². The van der Waals surface area contributed by atoms with Crippen LogP contribution in [-0.2, 0) is 4.79 Å². The lowest BCUT2D eigenvalue weighted by atomic mass is 10.2. The molecule has 4 rings (SSSR count). The molecule has 2 aromatic carbocycles. The van der Waals surface area contributed by atoms with Crippen molar-refractivity contribution < 1.29 is 14.3 Å². The Labute approximate surface area is 204 Å². The molecule has 2 heterocycles. The first-order valence-corrected chi connectivity index (χ1v) is 12.3. The van der Waals surface area contributed by atoms with Crippen LogP contribution >= 0.6 is 11.8 Å². The van der Waals surface area contributed by atoms with Crippen LogP contribution in [0.4, 0.5) is 17.2 Å². The lowest BCUT2D eigenvalue weighted by Crippen LogP contribution is -2.47. The minimum atomic E-state index is -0.113. The molecular weight excluding hydrogens is 450 g/mol. The molecule has 1 aromatic heterocycles. The largest absolute Gasteiger partial charge is 0.497 e. The fourth-order valence-electron chi connectivity index (χ4n) is 3.78. The van der Waals surface area contributed by atoms with E-state index in [4.69, 9.17) is 9.47 Å². The van der Waals surface area contributed by atoms with Gasteiger partial charge in [0.2, 0.25) is 5.91 Å². The van der Waals surface area contributed by atoms with Gasteiger partial charge in [0.25, 0.3) is 0 Å². The maximum absolute atomic E-state index is 12.6. The summed E-state index contributed by atoms with van der Waals surface area (Å²) < 4.78 is 10.8. The maximum Gasteiger partial charge on any atom is 0.234 e. The third-order valence-electron chi connectivity index (χ3n) is 5.46. The number of thioether (sulfide) groups is 1. The van der Waals surface area contributed by atoms with E-state index in [1.165, 1.54) is 17.4 Å². The summed E-state index contributed by atoms with van der Waals surface area (Å²) >= 11 is 1.39. The zero-order chi connectivity index (χ0) is 23.8. The van der Waals surface area contributed by atoms with Crippen molar-refractivity contribution in [1.82, 2.24) is 9.97 Å². The van der Waals surface area contributed by atoms with Crippen molar-refractivity contribution in [2.75, 3.05) is 60.8 Å². The van der Waals surface area contributed by atoms with Crippen LogP contribution in [-0.4, -0.2) is 61.5 Å². The lowest BCUT2D eigenvalue weighted by Gasteiger charge is -2.37. The highest BCUT2D eigenvalue weighted by molar-refractivity contribution is 8.00. The first-order valence-electron chi connectivity index (χ1n) is 11.3. The molecule has 3 aromatic rings. The zero-order valence-electron chi connectivity index (χ0n) is 19.4. The number of aromatic nitrogens is 2. The Balaban J connectivity index is 1.34. The van der Waals surface area contributed by atoms with Crippen molar-refractivity contribution in [3.8, 4) is 11.5 Å². The van der Waals surface area contributed by atoms with Gasteiger partial charge in [-0.2, -0.15) is 0 Å². The van der Waals surface area contributed by atoms with Crippen LogP contribution in [0.15, 0.2) is 66.0 Å². The van der Waals surface area contributed by atoms with E-state index < -0.39 is 0 Å². The SMILES string of the molecule is CCOc1ccccc1NC(=O)CSc1nccnc1N1CCN(c2ccc(OC)cc2)CC1. The number of nitrogens with zero attached hydrogens (tertiary/aromatic N) is 4. The molecule has 9 heteroatoms. The summed E-state index contributed by atoms with van der Waals surface area (Å²) in [5, 5.41) is 3.69. The first-order chi connectivity index (χ1) is 16.7. The van der Waals surface area contributed by atoms with Crippen molar-refractivity contribution in [3.05, 3.63) is 60.9 Å². The van der Waals surface area contributed by atoms with Crippen molar-refractivity contribution in [1.29, 1.82) is 0 Å². The van der Waals surface area contributed by atoms with Crippen LogP contribution in [0.1, 0.15) is 6.92 Å². The number of rotatable bonds is 9. The number of amides is 1. The topological polar surface area (TPSA) is 79.8 Å². The van der Waals surface area contributed by atoms with E-state index in [1.54, 1.807) is 19.5 Å². The van der Waals surface area contributed by atoms with Gasteiger partial charge in [0, 0.05) is 44.3 Å². The van der Waals surface area contributed by atoms with Gasteiger partial charge in [-0.25, -0.2) is 9.97 Å². The molecule has 0 bridgehead atoms. The summed E-state index contributed by atoms with van der Waals surface area (Å²) in [7, 11) is 1.67. The highest BCUT2D eigenvalue weighted by atomic mass is 32.2. The monoisotopic (exact) mass is 479 g/mol. The van der Waals surface area contributed by atoms with Gasteiger partial charge >= 0.3 is 0 Å². The van der Waals surface area contributed by atoms with E-state index in [0.29, 0.717) is 18.0 Å². The molecule has 0 saturated carbocycles. The van der Waals surface area contributed by atoms with Gasteiger partial charge < -0.3 is 24.6 Å². The molecule has 1 saturated heterocycles. The molecule has 0 aliphatic carbocycles. The van der Waals surface area contributed by atoms with E-state index >= 15 is 0 Å². The Morgan fingerprint density at radius 2 is 1.71 bits per heavy atom. The molecule has 0 atom stereocenters. The van der Waals surface area contributed by atoms with Gasteiger partial charge in [-0.1, -0.05) is 23.9 Å². The molecular formula is C25H29N5O3S. The number of anilines is 3. The number of piperazine rings is 1. The Morgan fingerprint density at radius 1 is 1.00 bits per heavy atom. The highest BCUT2D eigenvalue weighted by Crippen LogP contribution is 2.29. The van der Waals surface area contributed by atoms with Crippen LogP contribution in [0, 0.1) is 0 Å². The number of ether oxygens (including phenoxy) is 2. The van der Waals surface area contributed by atoms with Crippen LogP contribution in [0.2, 0.25) is 0 Å². The number of para-hydroxylation sites is 2. The average Bonchev–Trinajstić information content (AvgIpc) is 2.89. The molecule has 1 N–H and O–H groups in total. The Kier molecular flexibility index (Phi) is 8.08. The number of carbonyl (C=O) groups excluding carboxylic acids is 1. The van der Waals surface area contributed by atoms with E-state index in [2.05, 4.69) is 37.2 Å². The number of benzene rings is 2. The minimum Gasteiger partial charge on any atom is -0.497 e. The molecule has 1 fully saturated rings. The Hall–Kier alpha value is -3.46. The quantitative estimate of drug-likeness (QED) is 0.463.